The number of rotatable bonds is 9. The molecule has 10 aromatic rings. The van der Waals surface area contributed by atoms with Crippen molar-refractivity contribution in [1.82, 2.24) is 44.9 Å². The van der Waals surface area contributed by atoms with Crippen LogP contribution >= 0.6 is 0 Å². The first-order valence-corrected chi connectivity index (χ1v) is 19.4. The van der Waals surface area contributed by atoms with E-state index in [1.54, 1.807) is 37.2 Å². The number of benzene rings is 1. The molecule has 9 aromatic heterocycles. The molecule has 0 atom stereocenters. The van der Waals surface area contributed by atoms with Crippen LogP contribution in [-0.4, -0.2) is 44.9 Å². The molecule has 0 spiro atoms. The molecule has 9 nitrogen and oxygen atoms in total. The Balaban J connectivity index is 1.25. The normalized spacial score (nSPS) is 11.0. The first kappa shape index (κ1) is 35.9. The lowest BCUT2D eigenvalue weighted by atomic mass is 9.90. The van der Waals surface area contributed by atoms with Gasteiger partial charge in [-0.15, -0.1) is 0 Å². The van der Waals surface area contributed by atoms with Crippen LogP contribution in [0.15, 0.2) is 201 Å². The summed E-state index contributed by atoms with van der Waals surface area (Å²) < 4.78 is 0. The van der Waals surface area contributed by atoms with E-state index in [1.165, 1.54) is 0 Å². The predicted octanol–water partition coefficient (Wildman–Crippen LogP) is 11.2. The Bertz CT molecular complexity index is 2710. The maximum atomic E-state index is 5.23. The van der Waals surface area contributed by atoms with Crippen LogP contribution in [-0.2, 0) is 0 Å². The van der Waals surface area contributed by atoms with E-state index in [2.05, 4.69) is 51.4 Å². The largest absolute Gasteiger partial charge is 0.255 e. The number of hydrogen-bond donors (Lipinski definition) is 0. The molecule has 0 aliphatic rings. The van der Waals surface area contributed by atoms with Gasteiger partial charge in [0.25, 0.3) is 0 Å². The molecule has 0 N–H and O–H groups in total. The van der Waals surface area contributed by atoms with Gasteiger partial charge in [-0.2, -0.15) is 0 Å². The fraction of sp³-hybridized carbons (Fsp3) is 0. The van der Waals surface area contributed by atoms with Gasteiger partial charge in [-0.3, -0.25) is 29.9 Å². The third-order valence-corrected chi connectivity index (χ3v) is 10.1. The topological polar surface area (TPSA) is 116 Å². The minimum atomic E-state index is 0.726. The monoisotopic (exact) mass is 771 g/mol. The van der Waals surface area contributed by atoms with Crippen molar-refractivity contribution in [3.05, 3.63) is 201 Å². The first-order valence-electron chi connectivity index (χ1n) is 19.4. The second-order valence-electron chi connectivity index (χ2n) is 13.9. The van der Waals surface area contributed by atoms with Crippen molar-refractivity contribution in [1.29, 1.82) is 0 Å². The fourth-order valence-corrected chi connectivity index (χ4v) is 7.24. The summed E-state index contributed by atoms with van der Waals surface area (Å²) in [6.07, 6.45) is 10.7. The Hall–Kier alpha value is -8.43. The molecule has 282 valence electrons. The van der Waals surface area contributed by atoms with Gasteiger partial charge in [-0.25, -0.2) is 15.0 Å². The molecular weight excluding hydrogens is 739 g/mol. The van der Waals surface area contributed by atoms with Crippen LogP contribution in [0.1, 0.15) is 0 Å². The van der Waals surface area contributed by atoms with Crippen molar-refractivity contribution in [3.63, 3.8) is 0 Å². The quantitative estimate of drug-likeness (QED) is 0.141. The molecular formula is C51H33N9. The SMILES string of the molecule is c1ccc(-c2ccc(-c3cc(-c4ccc(-c5ccccn5)nc4-c4ccccn4)cc(-c4ccc(-c5ccccn5)nc4-c4ccccn4)c3)c(-c3ccccn3)n2)nc1. The van der Waals surface area contributed by atoms with Gasteiger partial charge in [-0.05, 0) is 144 Å². The van der Waals surface area contributed by atoms with E-state index in [9.17, 15) is 0 Å². The molecule has 0 saturated carbocycles. The zero-order valence-corrected chi connectivity index (χ0v) is 32.1. The van der Waals surface area contributed by atoms with Crippen molar-refractivity contribution in [2.45, 2.75) is 0 Å². The van der Waals surface area contributed by atoms with Crippen molar-refractivity contribution < 1.29 is 0 Å². The van der Waals surface area contributed by atoms with Crippen LogP contribution in [0.25, 0.3) is 102 Å². The van der Waals surface area contributed by atoms with Gasteiger partial charge in [-0.1, -0.05) is 36.4 Å². The van der Waals surface area contributed by atoms with Crippen LogP contribution in [0, 0.1) is 0 Å². The molecule has 0 amide bonds. The zero-order chi connectivity index (χ0) is 40.1. The van der Waals surface area contributed by atoms with Crippen LogP contribution in [0.3, 0.4) is 0 Å². The average Bonchev–Trinajstić information content (AvgIpc) is 3.35. The number of aromatic nitrogens is 9. The van der Waals surface area contributed by atoms with Gasteiger partial charge in [0.05, 0.1) is 68.3 Å². The molecule has 60 heavy (non-hydrogen) atoms. The molecule has 9 heterocycles. The number of nitrogens with zero attached hydrogens (tertiary/aromatic N) is 9. The summed E-state index contributed by atoms with van der Waals surface area (Å²) in [5.74, 6) is 0. The Morgan fingerprint density at radius 1 is 0.217 bits per heavy atom. The van der Waals surface area contributed by atoms with Crippen molar-refractivity contribution >= 4 is 0 Å². The van der Waals surface area contributed by atoms with E-state index in [0.29, 0.717) is 0 Å². The highest BCUT2D eigenvalue weighted by Crippen LogP contribution is 2.42. The van der Waals surface area contributed by atoms with E-state index in [4.69, 9.17) is 29.9 Å². The fourth-order valence-electron chi connectivity index (χ4n) is 7.24. The van der Waals surface area contributed by atoms with E-state index in [0.717, 1.165) is 102 Å². The Kier molecular flexibility index (Phi) is 9.71. The highest BCUT2D eigenvalue weighted by Gasteiger charge is 2.21. The first-order chi connectivity index (χ1) is 29.7. The van der Waals surface area contributed by atoms with Gasteiger partial charge >= 0.3 is 0 Å². The van der Waals surface area contributed by atoms with Gasteiger partial charge in [0.2, 0.25) is 0 Å². The average molecular weight is 772 g/mol. The standard InChI is InChI=1S/C51H33N9/c1-7-25-52-40(13-1)43-22-19-37(49(58-43)46-16-4-10-28-55-46)34-31-35(38-20-23-44(41-14-2-8-26-53-41)59-50(38)47-17-5-11-29-56-47)33-36(32-34)39-21-24-45(42-15-3-9-27-54-42)60-51(39)48-18-6-12-30-57-48/h1-33H. The van der Waals surface area contributed by atoms with Gasteiger partial charge in [0.15, 0.2) is 0 Å². The molecule has 0 saturated heterocycles. The van der Waals surface area contributed by atoms with E-state index >= 15 is 0 Å². The van der Waals surface area contributed by atoms with Gasteiger partial charge in [0.1, 0.15) is 0 Å². The van der Waals surface area contributed by atoms with Crippen LogP contribution in [0.4, 0.5) is 0 Å². The number of pyridine rings is 9. The third-order valence-electron chi connectivity index (χ3n) is 10.1. The smallest absolute Gasteiger partial charge is 0.0972 e. The maximum absolute atomic E-state index is 5.23. The van der Waals surface area contributed by atoms with E-state index < -0.39 is 0 Å². The highest BCUT2D eigenvalue weighted by molar-refractivity contribution is 5.92. The molecule has 10 rings (SSSR count). The van der Waals surface area contributed by atoms with E-state index in [1.807, 2.05) is 127 Å². The molecule has 0 radical (unpaired) electrons. The molecule has 0 aliphatic carbocycles. The second kappa shape index (κ2) is 16.2. The summed E-state index contributed by atoms with van der Waals surface area (Å²) >= 11 is 0. The lowest BCUT2D eigenvalue weighted by Gasteiger charge is -2.18. The zero-order valence-electron chi connectivity index (χ0n) is 32.1. The number of hydrogen-bond acceptors (Lipinski definition) is 9. The highest BCUT2D eigenvalue weighted by atomic mass is 14.8. The maximum Gasteiger partial charge on any atom is 0.0972 e. The van der Waals surface area contributed by atoms with E-state index in [-0.39, 0.29) is 0 Å². The Morgan fingerprint density at radius 2 is 0.467 bits per heavy atom. The molecule has 0 fully saturated rings. The van der Waals surface area contributed by atoms with Crippen LogP contribution in [0.5, 0.6) is 0 Å². The summed E-state index contributed by atoms with van der Waals surface area (Å²) in [5.41, 5.74) is 14.4. The predicted molar refractivity (Wildman–Crippen MR) is 236 cm³/mol. The van der Waals surface area contributed by atoms with Gasteiger partial charge in [0, 0.05) is 53.9 Å². The third kappa shape index (κ3) is 7.30. The summed E-state index contributed by atoms with van der Waals surface area (Å²) in [6.45, 7) is 0. The van der Waals surface area contributed by atoms with Crippen molar-refractivity contribution in [2.75, 3.05) is 0 Å². The molecule has 0 aliphatic heterocycles. The van der Waals surface area contributed by atoms with Crippen molar-refractivity contribution in [2.24, 2.45) is 0 Å². The Labute approximate surface area is 346 Å². The van der Waals surface area contributed by atoms with Crippen LogP contribution in [0.2, 0.25) is 0 Å². The summed E-state index contributed by atoms with van der Waals surface area (Å²) in [6, 6.07) is 54.0. The van der Waals surface area contributed by atoms with Crippen LogP contribution < -0.4 is 0 Å². The molecule has 0 bridgehead atoms. The lowest BCUT2D eigenvalue weighted by molar-refractivity contribution is 1.21. The summed E-state index contributed by atoms with van der Waals surface area (Å²) in [5, 5.41) is 0. The van der Waals surface area contributed by atoms with Gasteiger partial charge < -0.3 is 0 Å². The van der Waals surface area contributed by atoms with Crippen molar-refractivity contribution in [3.8, 4) is 102 Å². The lowest BCUT2D eigenvalue weighted by Crippen LogP contribution is -1.99. The summed E-state index contributed by atoms with van der Waals surface area (Å²) in [7, 11) is 0. The summed E-state index contributed by atoms with van der Waals surface area (Å²) in [4.78, 5) is 43.9. The molecule has 0 unspecified atom stereocenters. The Morgan fingerprint density at radius 3 is 0.700 bits per heavy atom. The minimum absolute atomic E-state index is 0.726. The molecule has 1 aromatic carbocycles. The second-order valence-corrected chi connectivity index (χ2v) is 13.9. The minimum Gasteiger partial charge on any atom is -0.255 e. The molecule has 9 heteroatoms.